The monoisotopic (exact) mass is 385 g/mol. The van der Waals surface area contributed by atoms with Crippen LogP contribution in [0.4, 0.5) is 0 Å². The molecule has 0 amide bonds. The zero-order valence-corrected chi connectivity index (χ0v) is 17.7. The van der Waals surface area contributed by atoms with Crippen LogP contribution < -0.4 is 5.32 Å². The number of carbonyl (C=O) groups excluding carboxylic acids is 1. The second-order valence-corrected chi connectivity index (χ2v) is 9.31. The van der Waals surface area contributed by atoms with Gasteiger partial charge in [-0.25, -0.2) is 14.8 Å². The highest BCUT2D eigenvalue weighted by Gasteiger charge is 2.34. The largest absolute Gasteiger partial charge is 0.461 e. The van der Waals surface area contributed by atoms with E-state index >= 15 is 0 Å². The number of fused-ring (bicyclic) bond motifs is 1. The lowest BCUT2D eigenvalue weighted by molar-refractivity contribution is 0.0518. The van der Waals surface area contributed by atoms with Crippen molar-refractivity contribution in [2.45, 2.75) is 72.4 Å². The van der Waals surface area contributed by atoms with Crippen molar-refractivity contribution in [3.8, 4) is 0 Å². The van der Waals surface area contributed by atoms with E-state index in [1.54, 1.807) is 13.1 Å². The van der Waals surface area contributed by atoms with Crippen LogP contribution in [0.3, 0.4) is 0 Å². The molecular weight excluding hydrogens is 354 g/mol. The fourth-order valence-electron chi connectivity index (χ4n) is 3.65. The molecule has 0 fully saturated rings. The van der Waals surface area contributed by atoms with Crippen LogP contribution in [0, 0.1) is 5.41 Å². The number of aromatic nitrogens is 4. The first-order chi connectivity index (χ1) is 13.1. The Kier molecular flexibility index (Phi) is 5.57. The van der Waals surface area contributed by atoms with Gasteiger partial charge in [0.05, 0.1) is 12.8 Å². The van der Waals surface area contributed by atoms with Crippen molar-refractivity contribution in [2.24, 2.45) is 5.41 Å². The van der Waals surface area contributed by atoms with Gasteiger partial charge >= 0.3 is 5.97 Å². The van der Waals surface area contributed by atoms with Gasteiger partial charge in [0.25, 0.3) is 0 Å². The maximum Gasteiger partial charge on any atom is 0.356 e. The zero-order valence-electron chi connectivity index (χ0n) is 17.7. The van der Waals surface area contributed by atoms with Crippen molar-refractivity contribution < 1.29 is 9.53 Å². The molecule has 0 spiro atoms. The van der Waals surface area contributed by atoms with Crippen LogP contribution in [0.15, 0.2) is 12.4 Å². The first-order valence-corrected chi connectivity index (χ1v) is 9.90. The van der Waals surface area contributed by atoms with E-state index in [0.29, 0.717) is 18.8 Å². The number of H-pyrrole nitrogens is 1. The summed E-state index contributed by atoms with van der Waals surface area (Å²) in [6.45, 7) is 13.6. The predicted octanol–water partition coefficient (Wildman–Crippen LogP) is 3.48. The maximum absolute atomic E-state index is 12.1. The van der Waals surface area contributed by atoms with Crippen molar-refractivity contribution in [2.75, 3.05) is 6.61 Å². The van der Waals surface area contributed by atoms with Gasteiger partial charge < -0.3 is 10.1 Å². The summed E-state index contributed by atoms with van der Waals surface area (Å²) in [5, 5.41) is 10.3. The Morgan fingerprint density at radius 3 is 2.79 bits per heavy atom. The van der Waals surface area contributed by atoms with Gasteiger partial charge in [-0.15, -0.1) is 0 Å². The van der Waals surface area contributed by atoms with Crippen molar-refractivity contribution in [3.05, 3.63) is 40.7 Å². The summed E-state index contributed by atoms with van der Waals surface area (Å²) in [7, 11) is 0. The summed E-state index contributed by atoms with van der Waals surface area (Å²) in [6.07, 6.45) is 5.56. The Balaban J connectivity index is 1.82. The van der Waals surface area contributed by atoms with E-state index in [0.717, 1.165) is 35.5 Å². The molecule has 28 heavy (non-hydrogen) atoms. The van der Waals surface area contributed by atoms with Crippen LogP contribution in [0.25, 0.3) is 0 Å². The summed E-state index contributed by atoms with van der Waals surface area (Å²) < 4.78 is 5.10. The lowest BCUT2D eigenvalue weighted by atomic mass is 9.74. The molecular formula is C21H31N5O2. The normalized spacial score (nSPS) is 18.6. The van der Waals surface area contributed by atoms with Crippen LogP contribution in [0.5, 0.6) is 0 Å². The molecule has 1 aliphatic carbocycles. The average molecular weight is 386 g/mol. The molecule has 2 aromatic heterocycles. The first kappa shape index (κ1) is 20.5. The van der Waals surface area contributed by atoms with E-state index in [4.69, 9.17) is 9.72 Å². The van der Waals surface area contributed by atoms with Gasteiger partial charge in [0.15, 0.2) is 0 Å². The first-order valence-electron chi connectivity index (χ1n) is 9.90. The Bertz CT molecular complexity index is 851. The second kappa shape index (κ2) is 7.62. The highest BCUT2D eigenvalue weighted by Crippen LogP contribution is 2.40. The van der Waals surface area contributed by atoms with E-state index in [-0.39, 0.29) is 22.8 Å². The molecule has 7 heteroatoms. The maximum atomic E-state index is 12.1. The third-order valence-corrected chi connectivity index (χ3v) is 5.09. The summed E-state index contributed by atoms with van der Waals surface area (Å²) >= 11 is 0. The summed E-state index contributed by atoms with van der Waals surface area (Å²) in [6, 6.07) is 0.123. The minimum atomic E-state index is -0.376. The standard InChI is InChI=1S/C21H31N5O2/c1-7-28-18(27)17-13(11-24-26-17)10-22-15-8-21(5,6)9-16-14(15)12-23-19(25-16)20(2,3)4/h11-12,15,22H,7-10H2,1-6H3,(H,24,26). The van der Waals surface area contributed by atoms with Crippen LogP contribution in [-0.2, 0) is 23.1 Å². The zero-order chi connectivity index (χ0) is 20.5. The highest BCUT2D eigenvalue weighted by atomic mass is 16.5. The molecule has 2 N–H and O–H groups in total. The smallest absolute Gasteiger partial charge is 0.356 e. The van der Waals surface area contributed by atoms with E-state index < -0.39 is 0 Å². The molecule has 2 heterocycles. The number of hydrogen-bond donors (Lipinski definition) is 2. The van der Waals surface area contributed by atoms with Crippen LogP contribution >= 0.6 is 0 Å². The van der Waals surface area contributed by atoms with Gasteiger partial charge in [0.1, 0.15) is 11.5 Å². The molecule has 2 aromatic rings. The summed E-state index contributed by atoms with van der Waals surface area (Å²) in [5.74, 6) is 0.501. The van der Waals surface area contributed by atoms with Crippen molar-refractivity contribution in [1.82, 2.24) is 25.5 Å². The molecule has 7 nitrogen and oxygen atoms in total. The summed E-state index contributed by atoms with van der Waals surface area (Å²) in [4.78, 5) is 21.6. The average Bonchev–Trinajstić information content (AvgIpc) is 3.06. The Morgan fingerprint density at radius 1 is 1.36 bits per heavy atom. The van der Waals surface area contributed by atoms with Gasteiger partial charge in [-0.05, 0) is 25.2 Å². The lowest BCUT2D eigenvalue weighted by Gasteiger charge is -2.37. The molecule has 0 bridgehead atoms. The van der Waals surface area contributed by atoms with Crippen molar-refractivity contribution in [3.63, 3.8) is 0 Å². The van der Waals surface area contributed by atoms with Gasteiger partial charge in [-0.1, -0.05) is 34.6 Å². The third-order valence-electron chi connectivity index (χ3n) is 5.09. The molecule has 1 atom stereocenters. The van der Waals surface area contributed by atoms with E-state index in [1.807, 2.05) is 6.20 Å². The van der Waals surface area contributed by atoms with Crippen molar-refractivity contribution in [1.29, 1.82) is 0 Å². The fraction of sp³-hybridized carbons (Fsp3) is 0.619. The lowest BCUT2D eigenvalue weighted by Crippen LogP contribution is -2.35. The number of ether oxygens (including phenoxy) is 1. The number of hydrogen-bond acceptors (Lipinski definition) is 6. The number of aromatic amines is 1. The second-order valence-electron chi connectivity index (χ2n) is 9.31. The van der Waals surface area contributed by atoms with Gasteiger partial charge in [-0.2, -0.15) is 5.10 Å². The summed E-state index contributed by atoms with van der Waals surface area (Å²) in [5.41, 5.74) is 3.53. The number of esters is 1. The quantitative estimate of drug-likeness (QED) is 0.766. The third kappa shape index (κ3) is 4.41. The highest BCUT2D eigenvalue weighted by molar-refractivity contribution is 5.88. The minimum Gasteiger partial charge on any atom is -0.461 e. The molecule has 0 aliphatic heterocycles. The van der Waals surface area contributed by atoms with Gasteiger partial charge in [0, 0.05) is 41.0 Å². The van der Waals surface area contributed by atoms with Crippen molar-refractivity contribution >= 4 is 5.97 Å². The molecule has 3 rings (SSSR count). The number of carbonyl (C=O) groups is 1. The van der Waals surface area contributed by atoms with Crippen LogP contribution in [-0.4, -0.2) is 32.7 Å². The Labute approximate surface area is 166 Å². The predicted molar refractivity (Wildman–Crippen MR) is 107 cm³/mol. The molecule has 0 radical (unpaired) electrons. The van der Waals surface area contributed by atoms with Crippen LogP contribution in [0.2, 0.25) is 0 Å². The van der Waals surface area contributed by atoms with Crippen LogP contribution in [0.1, 0.15) is 87.1 Å². The molecule has 0 aromatic carbocycles. The Morgan fingerprint density at radius 2 is 2.11 bits per heavy atom. The van der Waals surface area contributed by atoms with Gasteiger partial charge in [0.2, 0.25) is 0 Å². The van der Waals surface area contributed by atoms with Gasteiger partial charge in [-0.3, -0.25) is 5.10 Å². The fourth-order valence-corrected chi connectivity index (χ4v) is 3.65. The Hall–Kier alpha value is -2.28. The van der Waals surface area contributed by atoms with E-state index in [9.17, 15) is 4.79 Å². The SMILES string of the molecule is CCOC(=O)c1[nH]ncc1CNC1CC(C)(C)Cc2nc(C(C)(C)C)ncc21. The molecule has 1 aliphatic rings. The molecule has 0 saturated carbocycles. The van der Waals surface area contributed by atoms with E-state index in [2.05, 4.69) is 55.1 Å². The number of nitrogens with zero attached hydrogens (tertiary/aromatic N) is 3. The molecule has 0 saturated heterocycles. The van der Waals surface area contributed by atoms with E-state index in [1.165, 1.54) is 0 Å². The topological polar surface area (TPSA) is 92.8 Å². The number of nitrogens with one attached hydrogen (secondary N) is 2. The molecule has 152 valence electrons. The minimum absolute atomic E-state index is 0.0785. The number of rotatable bonds is 5. The molecule has 1 unspecified atom stereocenters.